The summed E-state index contributed by atoms with van der Waals surface area (Å²) in [6.45, 7) is 0.388. The summed E-state index contributed by atoms with van der Waals surface area (Å²) in [5, 5.41) is 12.2. The van der Waals surface area contributed by atoms with Gasteiger partial charge in [-0.2, -0.15) is 0 Å². The molecule has 0 bridgehead atoms. The van der Waals surface area contributed by atoms with Crippen LogP contribution in [0.25, 0.3) is 11.4 Å². The third kappa shape index (κ3) is 4.72. The van der Waals surface area contributed by atoms with E-state index < -0.39 is 5.82 Å². The van der Waals surface area contributed by atoms with Crippen LogP contribution in [-0.2, 0) is 11.3 Å². The van der Waals surface area contributed by atoms with E-state index in [2.05, 4.69) is 15.5 Å². The van der Waals surface area contributed by atoms with Gasteiger partial charge in [-0.25, -0.2) is 4.39 Å². The molecule has 0 unspecified atom stereocenters. The van der Waals surface area contributed by atoms with Gasteiger partial charge in [0.1, 0.15) is 11.6 Å². The number of hydrogen-bond donors (Lipinski definition) is 1. The predicted octanol–water partition coefficient (Wildman–Crippen LogP) is 5.11. The largest absolute Gasteiger partial charge is 0.467 e. The van der Waals surface area contributed by atoms with E-state index in [1.807, 2.05) is 22.8 Å². The highest BCUT2D eigenvalue weighted by Gasteiger charge is 2.17. The van der Waals surface area contributed by atoms with Crippen LogP contribution in [0.15, 0.2) is 76.5 Å². The number of aromatic nitrogens is 3. The Bertz CT molecular complexity index is 1160. The number of rotatable bonds is 7. The lowest BCUT2D eigenvalue weighted by atomic mass is 10.2. The summed E-state index contributed by atoms with van der Waals surface area (Å²) in [6, 6.07) is 17.0. The Morgan fingerprint density at radius 2 is 2.00 bits per heavy atom. The van der Waals surface area contributed by atoms with Crippen molar-refractivity contribution in [2.75, 3.05) is 11.1 Å². The molecule has 4 aromatic rings. The molecular formula is C21H16ClFN4O2S. The minimum Gasteiger partial charge on any atom is -0.467 e. The van der Waals surface area contributed by atoms with Gasteiger partial charge in [0.05, 0.1) is 24.2 Å². The molecule has 2 aromatic heterocycles. The van der Waals surface area contributed by atoms with E-state index >= 15 is 0 Å². The van der Waals surface area contributed by atoms with Crippen molar-refractivity contribution in [2.45, 2.75) is 11.7 Å². The van der Waals surface area contributed by atoms with Gasteiger partial charge >= 0.3 is 0 Å². The van der Waals surface area contributed by atoms with Crippen LogP contribution in [0.3, 0.4) is 0 Å². The Hall–Kier alpha value is -3.10. The van der Waals surface area contributed by atoms with Gasteiger partial charge in [-0.05, 0) is 36.4 Å². The van der Waals surface area contributed by atoms with Crippen LogP contribution in [0.2, 0.25) is 5.02 Å². The van der Waals surface area contributed by atoms with Crippen molar-refractivity contribution in [1.82, 2.24) is 14.8 Å². The Balaban J connectivity index is 1.55. The zero-order valence-corrected chi connectivity index (χ0v) is 17.2. The van der Waals surface area contributed by atoms with E-state index in [4.69, 9.17) is 16.0 Å². The fourth-order valence-corrected chi connectivity index (χ4v) is 3.74. The van der Waals surface area contributed by atoms with E-state index in [0.29, 0.717) is 22.5 Å². The standard InChI is InChI=1S/C21H16ClFN4O2S/c22-15-6-3-5-14(11-15)20-25-26-21(27(20)12-16-7-4-10-29-16)30-13-19(28)24-18-9-2-1-8-17(18)23/h1-11H,12-13H2,(H,24,28). The first-order chi connectivity index (χ1) is 14.6. The zero-order chi connectivity index (χ0) is 20.9. The summed E-state index contributed by atoms with van der Waals surface area (Å²) >= 11 is 7.33. The smallest absolute Gasteiger partial charge is 0.234 e. The van der Waals surface area contributed by atoms with Gasteiger partial charge in [0.2, 0.25) is 5.91 Å². The number of anilines is 1. The van der Waals surface area contributed by atoms with E-state index in [9.17, 15) is 9.18 Å². The topological polar surface area (TPSA) is 73.0 Å². The van der Waals surface area contributed by atoms with E-state index in [-0.39, 0.29) is 17.3 Å². The number of furan rings is 1. The molecule has 0 radical (unpaired) electrons. The number of hydrogen-bond acceptors (Lipinski definition) is 5. The molecule has 2 aromatic carbocycles. The van der Waals surface area contributed by atoms with Gasteiger partial charge in [-0.1, -0.05) is 47.6 Å². The van der Waals surface area contributed by atoms with Crippen LogP contribution in [-0.4, -0.2) is 26.4 Å². The molecule has 1 N–H and O–H groups in total. The number of para-hydroxylation sites is 1. The molecule has 9 heteroatoms. The lowest BCUT2D eigenvalue weighted by Gasteiger charge is -2.09. The quantitative estimate of drug-likeness (QED) is 0.402. The van der Waals surface area contributed by atoms with Crippen LogP contribution in [0.4, 0.5) is 10.1 Å². The van der Waals surface area contributed by atoms with E-state index in [1.165, 1.54) is 23.9 Å². The molecule has 2 heterocycles. The molecule has 0 saturated heterocycles. The molecule has 0 aliphatic rings. The number of carbonyl (C=O) groups is 1. The maximum absolute atomic E-state index is 13.7. The molecular weight excluding hydrogens is 427 g/mol. The maximum atomic E-state index is 13.7. The molecule has 0 atom stereocenters. The molecule has 6 nitrogen and oxygen atoms in total. The van der Waals surface area contributed by atoms with Crippen LogP contribution < -0.4 is 5.32 Å². The first-order valence-corrected chi connectivity index (χ1v) is 10.4. The highest BCUT2D eigenvalue weighted by atomic mass is 35.5. The molecule has 0 spiro atoms. The van der Waals surface area contributed by atoms with Crippen LogP contribution in [0, 0.1) is 5.82 Å². The first-order valence-electron chi connectivity index (χ1n) is 8.99. The summed E-state index contributed by atoms with van der Waals surface area (Å²) in [4.78, 5) is 12.3. The number of halogens is 2. The van der Waals surface area contributed by atoms with Crippen molar-refractivity contribution in [3.05, 3.63) is 83.5 Å². The number of thioether (sulfide) groups is 1. The number of nitrogens with zero attached hydrogens (tertiary/aromatic N) is 3. The van der Waals surface area contributed by atoms with Gasteiger partial charge in [-0.3, -0.25) is 9.36 Å². The molecule has 0 aliphatic heterocycles. The van der Waals surface area contributed by atoms with Crippen LogP contribution >= 0.6 is 23.4 Å². The highest BCUT2D eigenvalue weighted by Crippen LogP contribution is 2.27. The molecule has 30 heavy (non-hydrogen) atoms. The average Bonchev–Trinajstić information content (AvgIpc) is 3.39. The second-order valence-corrected chi connectivity index (χ2v) is 7.68. The number of amides is 1. The average molecular weight is 443 g/mol. The lowest BCUT2D eigenvalue weighted by Crippen LogP contribution is -2.15. The van der Waals surface area contributed by atoms with Gasteiger partial charge in [0.25, 0.3) is 0 Å². The second-order valence-electron chi connectivity index (χ2n) is 6.30. The van der Waals surface area contributed by atoms with Crippen molar-refractivity contribution in [3.8, 4) is 11.4 Å². The number of nitrogens with one attached hydrogen (secondary N) is 1. The first kappa shape index (κ1) is 20.2. The maximum Gasteiger partial charge on any atom is 0.234 e. The van der Waals surface area contributed by atoms with E-state index in [1.54, 1.807) is 36.6 Å². The zero-order valence-electron chi connectivity index (χ0n) is 15.6. The van der Waals surface area contributed by atoms with Crippen molar-refractivity contribution < 1.29 is 13.6 Å². The molecule has 4 rings (SSSR count). The van der Waals surface area contributed by atoms with Gasteiger partial charge < -0.3 is 9.73 Å². The summed E-state index contributed by atoms with van der Waals surface area (Å²) in [5.74, 6) is 0.531. The van der Waals surface area contributed by atoms with Crippen molar-refractivity contribution >= 4 is 35.0 Å². The number of carbonyl (C=O) groups excluding carboxylic acids is 1. The lowest BCUT2D eigenvalue weighted by molar-refractivity contribution is -0.113. The Morgan fingerprint density at radius 1 is 1.13 bits per heavy atom. The molecule has 152 valence electrons. The summed E-state index contributed by atoms with van der Waals surface area (Å²) in [6.07, 6.45) is 1.59. The molecule has 0 fully saturated rings. The van der Waals surface area contributed by atoms with Crippen LogP contribution in [0.1, 0.15) is 5.76 Å². The monoisotopic (exact) mass is 442 g/mol. The minimum atomic E-state index is -0.486. The van der Waals surface area contributed by atoms with Crippen molar-refractivity contribution in [1.29, 1.82) is 0 Å². The Labute approximate surface area is 181 Å². The van der Waals surface area contributed by atoms with Gasteiger partial charge in [-0.15, -0.1) is 10.2 Å². The third-order valence-electron chi connectivity index (χ3n) is 4.17. The normalized spacial score (nSPS) is 10.9. The minimum absolute atomic E-state index is 0.0418. The summed E-state index contributed by atoms with van der Waals surface area (Å²) < 4.78 is 21.1. The fraction of sp³-hybridized carbons (Fsp3) is 0.0952. The third-order valence-corrected chi connectivity index (χ3v) is 5.38. The fourth-order valence-electron chi connectivity index (χ4n) is 2.82. The highest BCUT2D eigenvalue weighted by molar-refractivity contribution is 7.99. The molecule has 0 saturated carbocycles. The summed E-state index contributed by atoms with van der Waals surface area (Å²) in [5.41, 5.74) is 0.934. The molecule has 1 amide bonds. The van der Waals surface area contributed by atoms with Crippen LogP contribution in [0.5, 0.6) is 0 Å². The van der Waals surface area contributed by atoms with Crippen molar-refractivity contribution in [2.24, 2.45) is 0 Å². The number of benzene rings is 2. The Morgan fingerprint density at radius 3 is 2.77 bits per heavy atom. The van der Waals surface area contributed by atoms with Gasteiger partial charge in [0.15, 0.2) is 11.0 Å². The summed E-state index contributed by atoms with van der Waals surface area (Å²) in [7, 11) is 0. The van der Waals surface area contributed by atoms with Gasteiger partial charge in [0, 0.05) is 10.6 Å². The Kier molecular flexibility index (Phi) is 6.15. The predicted molar refractivity (Wildman–Crippen MR) is 114 cm³/mol. The second kappa shape index (κ2) is 9.15. The van der Waals surface area contributed by atoms with Crippen molar-refractivity contribution in [3.63, 3.8) is 0 Å². The molecule has 0 aliphatic carbocycles. The van der Waals surface area contributed by atoms with E-state index in [0.717, 1.165) is 11.3 Å². The SMILES string of the molecule is O=C(CSc1nnc(-c2cccc(Cl)c2)n1Cc1ccco1)Nc1ccccc1F.